The fraction of sp³-hybridized carbons (Fsp3) is 0.400. The van der Waals surface area contributed by atoms with Gasteiger partial charge in [0.15, 0.2) is 11.5 Å². The molecule has 1 aromatic heterocycles. The SMILES string of the molecule is C=C(C)CN=c1scc(C)n1N=Cc1ccc(OCC(C)C)c(OC)c1. The zero-order valence-corrected chi connectivity index (χ0v) is 17.0. The number of aromatic nitrogens is 1. The molecule has 0 radical (unpaired) electrons. The van der Waals surface area contributed by atoms with Crippen LogP contribution in [0.5, 0.6) is 11.5 Å². The lowest BCUT2D eigenvalue weighted by atomic mass is 10.2. The fourth-order valence-electron chi connectivity index (χ4n) is 2.10. The molecule has 0 bridgehead atoms. The molecule has 0 spiro atoms. The van der Waals surface area contributed by atoms with E-state index in [2.05, 4.69) is 30.5 Å². The maximum Gasteiger partial charge on any atom is 0.206 e. The number of hydrogen-bond acceptors (Lipinski definition) is 5. The van der Waals surface area contributed by atoms with Crippen molar-refractivity contribution in [1.82, 2.24) is 4.68 Å². The number of benzene rings is 1. The van der Waals surface area contributed by atoms with E-state index in [1.807, 2.05) is 42.1 Å². The Morgan fingerprint density at radius 1 is 1.35 bits per heavy atom. The number of thiazole rings is 1. The van der Waals surface area contributed by atoms with Crippen LogP contribution in [0.1, 0.15) is 32.0 Å². The molecule has 26 heavy (non-hydrogen) atoms. The van der Waals surface area contributed by atoms with Gasteiger partial charge in [0, 0.05) is 5.38 Å². The molecular weight excluding hydrogens is 346 g/mol. The molecule has 0 aliphatic rings. The summed E-state index contributed by atoms with van der Waals surface area (Å²) in [6, 6.07) is 5.81. The number of nitrogens with zero attached hydrogens (tertiary/aromatic N) is 3. The molecule has 1 aromatic carbocycles. The molecule has 0 N–H and O–H groups in total. The molecule has 1 heterocycles. The summed E-state index contributed by atoms with van der Waals surface area (Å²) in [6.45, 7) is 13.4. The van der Waals surface area contributed by atoms with Gasteiger partial charge in [0.1, 0.15) is 0 Å². The highest BCUT2D eigenvalue weighted by Crippen LogP contribution is 2.28. The van der Waals surface area contributed by atoms with Crippen molar-refractivity contribution >= 4 is 17.6 Å². The average molecular weight is 374 g/mol. The van der Waals surface area contributed by atoms with E-state index < -0.39 is 0 Å². The molecule has 2 aromatic rings. The average Bonchev–Trinajstić information content (AvgIpc) is 2.96. The lowest BCUT2D eigenvalue weighted by molar-refractivity contribution is 0.257. The van der Waals surface area contributed by atoms with Crippen LogP contribution in [0.25, 0.3) is 0 Å². The van der Waals surface area contributed by atoms with Crippen LogP contribution in [0.3, 0.4) is 0 Å². The van der Waals surface area contributed by atoms with E-state index in [-0.39, 0.29) is 0 Å². The van der Waals surface area contributed by atoms with Crippen LogP contribution in [0, 0.1) is 12.8 Å². The topological polar surface area (TPSA) is 48.1 Å². The van der Waals surface area contributed by atoms with Crippen LogP contribution in [-0.4, -0.2) is 31.2 Å². The predicted octanol–water partition coefficient (Wildman–Crippen LogP) is 4.26. The second-order valence-electron chi connectivity index (χ2n) is 6.60. The molecule has 0 aliphatic carbocycles. The van der Waals surface area contributed by atoms with Gasteiger partial charge in [-0.1, -0.05) is 26.0 Å². The lowest BCUT2D eigenvalue weighted by Crippen LogP contribution is -2.13. The van der Waals surface area contributed by atoms with Crippen LogP contribution < -0.4 is 14.3 Å². The van der Waals surface area contributed by atoms with E-state index in [0.717, 1.165) is 27.4 Å². The predicted molar refractivity (Wildman–Crippen MR) is 109 cm³/mol. The van der Waals surface area contributed by atoms with Gasteiger partial charge in [-0.2, -0.15) is 5.10 Å². The van der Waals surface area contributed by atoms with Gasteiger partial charge >= 0.3 is 0 Å². The minimum absolute atomic E-state index is 0.459. The van der Waals surface area contributed by atoms with Gasteiger partial charge in [-0.25, -0.2) is 4.68 Å². The maximum absolute atomic E-state index is 5.79. The molecule has 0 fully saturated rings. The second kappa shape index (κ2) is 9.38. The van der Waals surface area contributed by atoms with Crippen LogP contribution in [0.2, 0.25) is 0 Å². The molecule has 5 nitrogen and oxygen atoms in total. The normalized spacial score (nSPS) is 12.2. The molecule has 0 atom stereocenters. The summed E-state index contributed by atoms with van der Waals surface area (Å²) >= 11 is 1.57. The van der Waals surface area contributed by atoms with E-state index in [0.29, 0.717) is 24.8 Å². The molecule has 0 aliphatic heterocycles. The maximum atomic E-state index is 5.79. The Morgan fingerprint density at radius 2 is 2.12 bits per heavy atom. The van der Waals surface area contributed by atoms with Gasteiger partial charge in [0.2, 0.25) is 4.80 Å². The third-order valence-electron chi connectivity index (χ3n) is 3.42. The first-order valence-electron chi connectivity index (χ1n) is 8.58. The zero-order chi connectivity index (χ0) is 19.1. The highest BCUT2D eigenvalue weighted by molar-refractivity contribution is 7.07. The Balaban J connectivity index is 2.24. The van der Waals surface area contributed by atoms with Gasteiger partial charge in [-0.3, -0.25) is 4.99 Å². The lowest BCUT2D eigenvalue weighted by Gasteiger charge is -2.12. The fourth-order valence-corrected chi connectivity index (χ4v) is 2.91. The summed E-state index contributed by atoms with van der Waals surface area (Å²) in [5, 5.41) is 6.62. The van der Waals surface area contributed by atoms with E-state index >= 15 is 0 Å². The van der Waals surface area contributed by atoms with Gasteiger partial charge < -0.3 is 9.47 Å². The molecule has 140 valence electrons. The van der Waals surface area contributed by atoms with Gasteiger partial charge in [0.05, 0.1) is 32.2 Å². The van der Waals surface area contributed by atoms with Crippen LogP contribution >= 0.6 is 11.3 Å². The Kier molecular flexibility index (Phi) is 7.21. The van der Waals surface area contributed by atoms with Gasteiger partial charge in [-0.15, -0.1) is 11.3 Å². The summed E-state index contributed by atoms with van der Waals surface area (Å²) < 4.78 is 13.1. The Morgan fingerprint density at radius 3 is 2.77 bits per heavy atom. The Bertz CT molecular complexity index is 847. The molecular formula is C20H27N3O2S. The summed E-state index contributed by atoms with van der Waals surface area (Å²) in [6.07, 6.45) is 1.80. The number of ether oxygens (including phenoxy) is 2. The third kappa shape index (κ3) is 5.59. The standard InChI is InChI=1S/C20H27N3O2S/c1-14(2)10-21-20-23(16(5)13-26-20)22-11-17-7-8-18(19(9-17)24-6)25-12-15(3)4/h7-9,11,13,15H,1,10,12H2,2-6H3. The molecule has 0 saturated carbocycles. The van der Waals surface area contributed by atoms with Crippen LogP contribution in [0.4, 0.5) is 0 Å². The second-order valence-corrected chi connectivity index (χ2v) is 7.44. The number of aryl methyl sites for hydroxylation is 1. The Labute approximate surface area is 159 Å². The smallest absolute Gasteiger partial charge is 0.206 e. The van der Waals surface area contributed by atoms with Crippen molar-refractivity contribution in [2.45, 2.75) is 27.7 Å². The highest BCUT2D eigenvalue weighted by atomic mass is 32.1. The summed E-state index contributed by atoms with van der Waals surface area (Å²) in [4.78, 5) is 5.40. The van der Waals surface area contributed by atoms with Crippen molar-refractivity contribution in [3.63, 3.8) is 0 Å². The molecule has 0 unspecified atom stereocenters. The molecule has 2 rings (SSSR count). The first-order chi connectivity index (χ1) is 12.4. The summed E-state index contributed by atoms with van der Waals surface area (Å²) in [5.41, 5.74) is 2.99. The van der Waals surface area contributed by atoms with E-state index in [4.69, 9.17) is 9.47 Å². The number of methoxy groups -OCH3 is 1. The quantitative estimate of drug-likeness (QED) is 0.513. The molecule has 6 heteroatoms. The van der Waals surface area contributed by atoms with Crippen LogP contribution in [0.15, 0.2) is 45.8 Å². The third-order valence-corrected chi connectivity index (χ3v) is 4.39. The van der Waals surface area contributed by atoms with E-state index in [1.54, 1.807) is 24.7 Å². The minimum Gasteiger partial charge on any atom is -0.493 e. The highest BCUT2D eigenvalue weighted by Gasteiger charge is 2.06. The number of hydrogen-bond donors (Lipinski definition) is 0. The van der Waals surface area contributed by atoms with Crippen molar-refractivity contribution in [2.24, 2.45) is 16.0 Å². The van der Waals surface area contributed by atoms with E-state index in [9.17, 15) is 0 Å². The largest absolute Gasteiger partial charge is 0.493 e. The molecule has 0 amide bonds. The van der Waals surface area contributed by atoms with Crippen molar-refractivity contribution in [1.29, 1.82) is 0 Å². The Hall–Kier alpha value is -2.34. The van der Waals surface area contributed by atoms with Crippen molar-refractivity contribution < 1.29 is 9.47 Å². The van der Waals surface area contributed by atoms with Crippen molar-refractivity contribution in [3.8, 4) is 11.5 Å². The first kappa shape index (κ1) is 20.0. The van der Waals surface area contributed by atoms with Crippen molar-refractivity contribution in [2.75, 3.05) is 20.3 Å². The summed E-state index contributed by atoms with van der Waals surface area (Å²) in [7, 11) is 1.64. The minimum atomic E-state index is 0.459. The van der Waals surface area contributed by atoms with E-state index in [1.165, 1.54) is 0 Å². The monoisotopic (exact) mass is 373 g/mol. The number of rotatable bonds is 8. The first-order valence-corrected chi connectivity index (χ1v) is 9.46. The van der Waals surface area contributed by atoms with Gasteiger partial charge in [0.25, 0.3) is 0 Å². The van der Waals surface area contributed by atoms with Crippen molar-refractivity contribution in [3.05, 3.63) is 51.8 Å². The zero-order valence-electron chi connectivity index (χ0n) is 16.2. The van der Waals surface area contributed by atoms with Crippen LogP contribution in [-0.2, 0) is 0 Å². The summed E-state index contributed by atoms with van der Waals surface area (Å²) in [5.74, 6) is 1.91. The van der Waals surface area contributed by atoms with Gasteiger partial charge in [-0.05, 0) is 43.5 Å². The molecule has 0 saturated heterocycles.